The molecule has 0 spiro atoms. The molecule has 3 aliphatic heterocycles. The summed E-state index contributed by atoms with van der Waals surface area (Å²) < 4.78 is 36.2. The summed E-state index contributed by atoms with van der Waals surface area (Å²) in [6.07, 6.45) is -2.40. The van der Waals surface area contributed by atoms with Crippen LogP contribution in [0.1, 0.15) is 27.7 Å². The minimum Gasteiger partial charge on any atom is -0.454 e. The van der Waals surface area contributed by atoms with Crippen molar-refractivity contribution in [3.8, 4) is 6.01 Å². The van der Waals surface area contributed by atoms with Crippen LogP contribution < -0.4 is 14.5 Å². The Balaban J connectivity index is 1.63. The van der Waals surface area contributed by atoms with Crippen molar-refractivity contribution in [1.82, 2.24) is 15.0 Å². The van der Waals surface area contributed by atoms with Crippen LogP contribution in [-0.4, -0.2) is 92.0 Å². The lowest BCUT2D eigenvalue weighted by Crippen LogP contribution is -2.46. The maximum absolute atomic E-state index is 6.28. The third-order valence-corrected chi connectivity index (χ3v) is 5.06. The summed E-state index contributed by atoms with van der Waals surface area (Å²) in [4.78, 5) is 16.9. The number of anilines is 2. The molecule has 0 amide bonds. The molecule has 0 aromatic carbocycles. The van der Waals surface area contributed by atoms with Crippen LogP contribution in [0.15, 0.2) is 0 Å². The molecule has 3 aliphatic rings. The fourth-order valence-corrected chi connectivity index (χ4v) is 3.72. The Labute approximate surface area is 176 Å². The lowest BCUT2D eigenvalue weighted by atomic mass is 10.1. The highest BCUT2D eigenvalue weighted by atomic mass is 16.8. The van der Waals surface area contributed by atoms with Gasteiger partial charge in [-0.1, -0.05) is 0 Å². The lowest BCUT2D eigenvalue weighted by molar-refractivity contribution is -0.230. The number of aromatic nitrogens is 3. The van der Waals surface area contributed by atoms with E-state index < -0.39 is 36.2 Å². The Morgan fingerprint density at radius 2 is 1.47 bits per heavy atom. The average molecular weight is 425 g/mol. The van der Waals surface area contributed by atoms with Crippen molar-refractivity contribution in [2.24, 2.45) is 0 Å². The van der Waals surface area contributed by atoms with Crippen LogP contribution in [0, 0.1) is 0 Å². The van der Waals surface area contributed by atoms with E-state index in [1.54, 1.807) is 9.80 Å². The zero-order valence-corrected chi connectivity index (χ0v) is 18.8. The van der Waals surface area contributed by atoms with Crippen molar-refractivity contribution >= 4 is 11.9 Å². The van der Waals surface area contributed by atoms with Crippen LogP contribution in [-0.2, 0) is 23.7 Å². The topological polar surface area (TPSA) is 101 Å². The van der Waals surface area contributed by atoms with E-state index in [0.717, 1.165) is 0 Å². The second-order valence-corrected chi connectivity index (χ2v) is 9.03. The molecule has 5 atom stereocenters. The number of hydrogen-bond donors (Lipinski definition) is 0. The zero-order valence-electron chi connectivity index (χ0n) is 18.8. The van der Waals surface area contributed by atoms with Gasteiger partial charge in [0, 0.05) is 28.2 Å². The first kappa shape index (κ1) is 21.4. The van der Waals surface area contributed by atoms with Crippen molar-refractivity contribution in [3.63, 3.8) is 0 Å². The molecule has 0 N–H and O–H groups in total. The molecule has 1 aromatic rings. The Bertz CT molecular complexity index is 762. The number of ether oxygens (including phenoxy) is 6. The van der Waals surface area contributed by atoms with E-state index in [1.165, 1.54) is 0 Å². The van der Waals surface area contributed by atoms with Crippen molar-refractivity contribution < 1.29 is 28.4 Å². The molecule has 11 heteroatoms. The Kier molecular flexibility index (Phi) is 5.30. The molecule has 4 heterocycles. The first-order valence-electron chi connectivity index (χ1n) is 10.0. The van der Waals surface area contributed by atoms with Crippen LogP contribution in [0.3, 0.4) is 0 Å². The average Bonchev–Trinajstić information content (AvgIpc) is 3.24. The van der Waals surface area contributed by atoms with Crippen LogP contribution in [0.4, 0.5) is 11.9 Å². The monoisotopic (exact) mass is 425 g/mol. The van der Waals surface area contributed by atoms with Crippen molar-refractivity contribution in [2.75, 3.05) is 44.6 Å². The molecule has 168 valence electrons. The van der Waals surface area contributed by atoms with Gasteiger partial charge < -0.3 is 38.2 Å². The lowest BCUT2D eigenvalue weighted by Gasteiger charge is -2.29. The highest BCUT2D eigenvalue weighted by Crippen LogP contribution is 2.42. The summed E-state index contributed by atoms with van der Waals surface area (Å²) in [6.45, 7) is 7.80. The van der Waals surface area contributed by atoms with Gasteiger partial charge in [-0.25, -0.2) is 0 Å². The van der Waals surface area contributed by atoms with E-state index in [1.807, 2.05) is 55.9 Å². The maximum Gasteiger partial charge on any atom is 0.323 e. The number of nitrogens with zero attached hydrogens (tertiary/aromatic N) is 5. The Morgan fingerprint density at radius 3 is 2.00 bits per heavy atom. The second-order valence-electron chi connectivity index (χ2n) is 9.03. The molecule has 4 rings (SSSR count). The predicted molar refractivity (Wildman–Crippen MR) is 106 cm³/mol. The molecule has 0 bridgehead atoms. The summed E-state index contributed by atoms with van der Waals surface area (Å²) in [7, 11) is 7.44. The first-order chi connectivity index (χ1) is 13.9. The van der Waals surface area contributed by atoms with E-state index >= 15 is 0 Å². The molecule has 1 aromatic heterocycles. The number of rotatable bonds is 5. The van der Waals surface area contributed by atoms with E-state index in [-0.39, 0.29) is 12.1 Å². The molecule has 3 saturated heterocycles. The number of hydrogen-bond acceptors (Lipinski definition) is 11. The van der Waals surface area contributed by atoms with Gasteiger partial charge >= 0.3 is 6.01 Å². The van der Waals surface area contributed by atoms with Gasteiger partial charge in [-0.05, 0) is 27.7 Å². The highest BCUT2D eigenvalue weighted by Gasteiger charge is 2.59. The van der Waals surface area contributed by atoms with E-state index in [9.17, 15) is 0 Å². The summed E-state index contributed by atoms with van der Waals surface area (Å²) in [6, 6.07) is 0.183. The highest BCUT2D eigenvalue weighted by molar-refractivity contribution is 5.38. The van der Waals surface area contributed by atoms with Crippen LogP contribution in [0.5, 0.6) is 6.01 Å². The second kappa shape index (κ2) is 7.41. The van der Waals surface area contributed by atoms with Gasteiger partial charge in [-0.15, -0.1) is 0 Å². The van der Waals surface area contributed by atoms with E-state index in [2.05, 4.69) is 15.0 Å². The van der Waals surface area contributed by atoms with Crippen molar-refractivity contribution in [2.45, 2.75) is 70.0 Å². The minimum atomic E-state index is -0.781. The van der Waals surface area contributed by atoms with Gasteiger partial charge in [0.1, 0.15) is 12.2 Å². The normalized spacial score (nSPS) is 34.1. The van der Waals surface area contributed by atoms with Crippen molar-refractivity contribution in [3.05, 3.63) is 0 Å². The van der Waals surface area contributed by atoms with Crippen LogP contribution in [0.25, 0.3) is 0 Å². The van der Waals surface area contributed by atoms with Gasteiger partial charge in [-0.2, -0.15) is 15.0 Å². The largest absolute Gasteiger partial charge is 0.454 e. The maximum atomic E-state index is 6.28. The van der Waals surface area contributed by atoms with E-state index in [4.69, 9.17) is 28.4 Å². The summed E-state index contributed by atoms with van der Waals surface area (Å²) in [5.74, 6) is -0.500. The molecule has 0 unspecified atom stereocenters. The molecule has 0 radical (unpaired) electrons. The van der Waals surface area contributed by atoms with Gasteiger partial charge in [-0.3, -0.25) is 0 Å². The zero-order chi connectivity index (χ0) is 21.8. The Hall–Kier alpha value is -1.79. The molecule has 3 fully saturated rings. The fourth-order valence-electron chi connectivity index (χ4n) is 3.72. The minimum absolute atomic E-state index is 0.183. The fraction of sp³-hybridized carbons (Fsp3) is 0.842. The molecular weight excluding hydrogens is 394 g/mol. The summed E-state index contributed by atoms with van der Waals surface area (Å²) in [5, 5.41) is 0. The van der Waals surface area contributed by atoms with E-state index in [0.29, 0.717) is 18.5 Å². The standard InChI is InChI=1S/C19H31N5O6/c1-18(2)25-9-10(28-18)11-12(13-14(26-11)30-19(3,4)29-13)27-17-21-15(23(5)6)20-16(22-17)24(7)8/h10-14H,9H2,1-8H3/t10-,11+,12-,13+,14-/m0/s1. The Morgan fingerprint density at radius 1 is 0.833 bits per heavy atom. The van der Waals surface area contributed by atoms with Crippen LogP contribution >= 0.6 is 0 Å². The van der Waals surface area contributed by atoms with Gasteiger partial charge in [0.2, 0.25) is 11.9 Å². The van der Waals surface area contributed by atoms with Gasteiger partial charge in [0.25, 0.3) is 0 Å². The van der Waals surface area contributed by atoms with Crippen molar-refractivity contribution in [1.29, 1.82) is 0 Å². The third-order valence-electron chi connectivity index (χ3n) is 5.06. The smallest absolute Gasteiger partial charge is 0.323 e. The summed E-state index contributed by atoms with van der Waals surface area (Å²) >= 11 is 0. The quantitative estimate of drug-likeness (QED) is 0.669. The molecule has 0 saturated carbocycles. The number of fused-ring (bicyclic) bond motifs is 1. The van der Waals surface area contributed by atoms with Crippen LogP contribution in [0.2, 0.25) is 0 Å². The van der Waals surface area contributed by atoms with Gasteiger partial charge in [0.15, 0.2) is 30.1 Å². The SMILES string of the molecule is CN(C)c1nc(O[C@@H]2[C@H]3OC(C)(C)O[C@@H]3O[C@@H]2[C@@H]2COC(C)(C)O2)nc(N(C)C)n1. The molecule has 30 heavy (non-hydrogen) atoms. The molecular formula is C19H31N5O6. The molecule has 11 nitrogen and oxygen atoms in total. The first-order valence-corrected chi connectivity index (χ1v) is 10.0. The predicted octanol–water partition coefficient (Wildman–Crippen LogP) is 0.779. The van der Waals surface area contributed by atoms with Gasteiger partial charge in [0.05, 0.1) is 6.61 Å². The third kappa shape index (κ3) is 4.17. The molecule has 0 aliphatic carbocycles. The summed E-state index contributed by atoms with van der Waals surface area (Å²) in [5.41, 5.74) is 0.